The fourth-order valence-electron chi connectivity index (χ4n) is 3.11. The predicted molar refractivity (Wildman–Crippen MR) is 101 cm³/mol. The number of carbonyl (C=O) groups excluding carboxylic acids is 1. The normalized spacial score (nSPS) is 20.1. The minimum atomic E-state index is 0.0460. The van der Waals surface area contributed by atoms with Gasteiger partial charge >= 0.3 is 0 Å². The Morgan fingerprint density at radius 2 is 1.88 bits per heavy atom. The van der Waals surface area contributed by atoms with E-state index >= 15 is 0 Å². The summed E-state index contributed by atoms with van der Waals surface area (Å²) in [5.41, 5.74) is 1.74. The van der Waals surface area contributed by atoms with Gasteiger partial charge in [-0.3, -0.25) is 4.79 Å². The smallest absolute Gasteiger partial charge is 0.254 e. The van der Waals surface area contributed by atoms with Crippen LogP contribution in [0.3, 0.4) is 0 Å². The molecule has 2 heterocycles. The number of benzene rings is 1. The van der Waals surface area contributed by atoms with Crippen LogP contribution in [0.15, 0.2) is 30.3 Å². The zero-order chi connectivity index (χ0) is 18.7. The van der Waals surface area contributed by atoms with Gasteiger partial charge in [0.05, 0.1) is 12.2 Å². The molecular formula is C19H23ClN4O2. The van der Waals surface area contributed by atoms with Crippen LogP contribution in [-0.4, -0.2) is 46.1 Å². The second-order valence-corrected chi connectivity index (χ2v) is 7.03. The summed E-state index contributed by atoms with van der Waals surface area (Å²) in [6.45, 7) is 7.62. The number of ether oxygens (including phenoxy) is 1. The Bertz CT molecular complexity index is 751. The van der Waals surface area contributed by atoms with Crippen molar-refractivity contribution in [3.05, 3.63) is 52.4 Å². The Morgan fingerprint density at radius 3 is 2.50 bits per heavy atom. The molecule has 0 bridgehead atoms. The summed E-state index contributed by atoms with van der Waals surface area (Å²) in [6.07, 6.45) is 0.128. The van der Waals surface area contributed by atoms with Gasteiger partial charge in [-0.15, -0.1) is 0 Å². The Labute approximate surface area is 158 Å². The summed E-state index contributed by atoms with van der Waals surface area (Å²) < 4.78 is 5.69. The lowest BCUT2D eigenvalue weighted by Crippen LogP contribution is -2.48. The van der Waals surface area contributed by atoms with Crippen molar-refractivity contribution in [3.63, 3.8) is 0 Å². The van der Waals surface area contributed by atoms with E-state index in [-0.39, 0.29) is 18.1 Å². The van der Waals surface area contributed by atoms with E-state index in [1.54, 1.807) is 13.0 Å². The molecular weight excluding hydrogens is 352 g/mol. The van der Waals surface area contributed by atoms with Crippen LogP contribution >= 0.6 is 11.6 Å². The zero-order valence-electron chi connectivity index (χ0n) is 15.2. The van der Waals surface area contributed by atoms with Crippen molar-refractivity contribution in [3.8, 4) is 0 Å². The Hall–Kier alpha value is -2.18. The lowest BCUT2D eigenvalue weighted by atomic mass is 10.1. The zero-order valence-corrected chi connectivity index (χ0v) is 16.0. The molecule has 6 nitrogen and oxygen atoms in total. The number of nitrogens with zero attached hydrogens (tertiary/aromatic N) is 3. The molecule has 26 heavy (non-hydrogen) atoms. The molecule has 0 unspecified atom stereocenters. The molecule has 0 radical (unpaired) electrons. The monoisotopic (exact) mass is 374 g/mol. The highest BCUT2D eigenvalue weighted by Crippen LogP contribution is 2.16. The Morgan fingerprint density at radius 1 is 1.23 bits per heavy atom. The molecule has 1 aromatic heterocycles. The number of carbonyl (C=O) groups is 1. The molecule has 2 aromatic rings. The van der Waals surface area contributed by atoms with Gasteiger partial charge in [-0.2, -0.15) is 0 Å². The number of nitrogens with one attached hydrogen (secondary N) is 1. The number of aromatic nitrogens is 2. The lowest BCUT2D eigenvalue weighted by molar-refractivity contribution is -0.0586. The van der Waals surface area contributed by atoms with E-state index in [1.165, 1.54) is 0 Å². The highest BCUT2D eigenvalue weighted by Gasteiger charge is 2.26. The van der Waals surface area contributed by atoms with Crippen LogP contribution in [0.1, 0.15) is 35.6 Å². The van der Waals surface area contributed by atoms with Gasteiger partial charge in [0.25, 0.3) is 5.91 Å². The standard InChI is InChI=1S/C19H23ClN4O2/c1-12-10-24(11-13(2)26-12)19(25)16-6-4-15(5-7-16)9-21-18-8-17(20)22-14(3)23-18/h4-8,12-13H,9-11H2,1-3H3,(H,21,22,23)/t12-,13-/m0/s1. The van der Waals surface area contributed by atoms with Gasteiger partial charge in [0.15, 0.2) is 0 Å². The van der Waals surface area contributed by atoms with Gasteiger partial charge in [-0.1, -0.05) is 23.7 Å². The molecule has 1 N–H and O–H groups in total. The molecule has 3 rings (SSSR count). The summed E-state index contributed by atoms with van der Waals surface area (Å²) in [7, 11) is 0. The predicted octanol–water partition coefficient (Wildman–Crippen LogP) is 3.30. The van der Waals surface area contributed by atoms with E-state index in [0.29, 0.717) is 42.0 Å². The Balaban J connectivity index is 1.62. The first-order valence-electron chi connectivity index (χ1n) is 8.69. The van der Waals surface area contributed by atoms with Gasteiger partial charge in [0.1, 0.15) is 16.8 Å². The minimum absolute atomic E-state index is 0.0460. The lowest BCUT2D eigenvalue weighted by Gasteiger charge is -2.35. The summed E-state index contributed by atoms with van der Waals surface area (Å²) >= 11 is 5.94. The topological polar surface area (TPSA) is 67.4 Å². The number of hydrogen-bond acceptors (Lipinski definition) is 5. The number of rotatable bonds is 4. The largest absolute Gasteiger partial charge is 0.372 e. The molecule has 138 valence electrons. The van der Waals surface area contributed by atoms with E-state index in [2.05, 4.69) is 15.3 Å². The van der Waals surface area contributed by atoms with Crippen molar-refractivity contribution in [2.45, 2.75) is 39.5 Å². The number of hydrogen-bond donors (Lipinski definition) is 1. The van der Waals surface area contributed by atoms with E-state index in [9.17, 15) is 4.79 Å². The van der Waals surface area contributed by atoms with Crippen LogP contribution in [0, 0.1) is 6.92 Å². The van der Waals surface area contributed by atoms with E-state index < -0.39 is 0 Å². The third-order valence-corrected chi connectivity index (χ3v) is 4.38. The quantitative estimate of drug-likeness (QED) is 0.831. The summed E-state index contributed by atoms with van der Waals surface area (Å²) in [6, 6.07) is 9.31. The second kappa shape index (κ2) is 8.01. The van der Waals surface area contributed by atoms with Crippen molar-refractivity contribution in [2.24, 2.45) is 0 Å². The molecule has 1 amide bonds. The van der Waals surface area contributed by atoms with Crippen LogP contribution in [-0.2, 0) is 11.3 Å². The maximum absolute atomic E-state index is 12.7. The average Bonchev–Trinajstić information content (AvgIpc) is 2.58. The molecule has 1 saturated heterocycles. The Kier molecular flexibility index (Phi) is 5.74. The maximum atomic E-state index is 12.7. The molecule has 0 saturated carbocycles. The van der Waals surface area contributed by atoms with Crippen LogP contribution in [0.25, 0.3) is 0 Å². The number of morpholine rings is 1. The highest BCUT2D eigenvalue weighted by molar-refractivity contribution is 6.29. The van der Waals surface area contributed by atoms with Crippen LogP contribution in [0.4, 0.5) is 5.82 Å². The minimum Gasteiger partial charge on any atom is -0.372 e. The summed E-state index contributed by atoms with van der Waals surface area (Å²) in [4.78, 5) is 22.9. The molecule has 2 atom stereocenters. The van der Waals surface area contributed by atoms with E-state index in [4.69, 9.17) is 16.3 Å². The van der Waals surface area contributed by atoms with E-state index in [1.807, 2.05) is 43.0 Å². The first-order chi connectivity index (χ1) is 12.4. The van der Waals surface area contributed by atoms with Crippen LogP contribution < -0.4 is 5.32 Å². The van der Waals surface area contributed by atoms with Gasteiger partial charge in [-0.25, -0.2) is 9.97 Å². The van der Waals surface area contributed by atoms with Crippen molar-refractivity contribution in [1.82, 2.24) is 14.9 Å². The van der Waals surface area contributed by atoms with Gasteiger partial charge in [-0.05, 0) is 38.5 Å². The maximum Gasteiger partial charge on any atom is 0.254 e. The average molecular weight is 375 g/mol. The first kappa shape index (κ1) is 18.6. The third-order valence-electron chi connectivity index (χ3n) is 4.19. The number of halogens is 1. The molecule has 1 aromatic carbocycles. The summed E-state index contributed by atoms with van der Waals surface area (Å²) in [5, 5.41) is 3.63. The molecule has 1 fully saturated rings. The number of anilines is 1. The van der Waals surface area contributed by atoms with Gasteiger partial charge < -0.3 is 15.0 Å². The van der Waals surface area contributed by atoms with Gasteiger partial charge in [0.2, 0.25) is 0 Å². The van der Waals surface area contributed by atoms with Crippen molar-refractivity contribution < 1.29 is 9.53 Å². The molecule has 0 spiro atoms. The van der Waals surface area contributed by atoms with Crippen LogP contribution in [0.5, 0.6) is 0 Å². The van der Waals surface area contributed by atoms with Crippen molar-refractivity contribution in [2.75, 3.05) is 18.4 Å². The molecule has 1 aliphatic rings. The SMILES string of the molecule is Cc1nc(Cl)cc(NCc2ccc(C(=O)N3C[C@H](C)O[C@@H](C)C3)cc2)n1. The third kappa shape index (κ3) is 4.71. The number of amides is 1. The van der Waals surface area contributed by atoms with Crippen molar-refractivity contribution >= 4 is 23.3 Å². The molecule has 0 aliphatic carbocycles. The second-order valence-electron chi connectivity index (χ2n) is 6.64. The molecule has 7 heteroatoms. The number of aryl methyl sites for hydroxylation is 1. The first-order valence-corrected chi connectivity index (χ1v) is 9.07. The van der Waals surface area contributed by atoms with Crippen LogP contribution in [0.2, 0.25) is 5.15 Å². The summed E-state index contributed by atoms with van der Waals surface area (Å²) in [5.74, 6) is 1.35. The fraction of sp³-hybridized carbons (Fsp3) is 0.421. The molecule has 1 aliphatic heterocycles. The van der Waals surface area contributed by atoms with Crippen molar-refractivity contribution in [1.29, 1.82) is 0 Å². The fourth-order valence-corrected chi connectivity index (χ4v) is 3.33. The van der Waals surface area contributed by atoms with Gasteiger partial charge in [0, 0.05) is 31.3 Å². The van der Waals surface area contributed by atoms with E-state index in [0.717, 1.165) is 5.56 Å². The highest BCUT2D eigenvalue weighted by atomic mass is 35.5.